The van der Waals surface area contributed by atoms with Crippen LogP contribution in [0.1, 0.15) is 17.4 Å². The number of fused-ring (bicyclic) bond motifs is 1. The predicted octanol–water partition coefficient (Wildman–Crippen LogP) is 1.69. The zero-order chi connectivity index (χ0) is 9.54. The Kier molecular flexibility index (Phi) is 1.78. The molecule has 0 atom stereocenters. The Hall–Kier alpha value is -1.00. The standard InChI is InChI=1S/C10H11N3S/c1-6-12-9(7-4-11-5-7)8-2-3-14-10(8)13-6/h2-3,7,11H,4-5H2,1H3. The van der Waals surface area contributed by atoms with Gasteiger partial charge < -0.3 is 5.32 Å². The fourth-order valence-electron chi connectivity index (χ4n) is 1.78. The van der Waals surface area contributed by atoms with Crippen molar-refractivity contribution in [1.82, 2.24) is 15.3 Å². The van der Waals surface area contributed by atoms with Gasteiger partial charge in [0.25, 0.3) is 0 Å². The molecule has 0 aliphatic carbocycles. The highest BCUT2D eigenvalue weighted by molar-refractivity contribution is 7.16. The second-order valence-electron chi connectivity index (χ2n) is 3.65. The molecule has 0 saturated carbocycles. The highest BCUT2D eigenvalue weighted by atomic mass is 32.1. The molecule has 72 valence electrons. The number of hydrogen-bond acceptors (Lipinski definition) is 4. The first-order chi connectivity index (χ1) is 6.84. The Morgan fingerprint density at radius 2 is 2.29 bits per heavy atom. The molecular weight excluding hydrogens is 194 g/mol. The maximum atomic E-state index is 4.55. The van der Waals surface area contributed by atoms with Crippen LogP contribution in [-0.4, -0.2) is 23.1 Å². The average Bonchev–Trinajstić information content (AvgIpc) is 2.47. The summed E-state index contributed by atoms with van der Waals surface area (Å²) >= 11 is 1.70. The van der Waals surface area contributed by atoms with Crippen molar-refractivity contribution >= 4 is 21.6 Å². The Bertz CT molecular complexity index is 473. The third kappa shape index (κ3) is 1.14. The summed E-state index contributed by atoms with van der Waals surface area (Å²) in [5, 5.41) is 6.61. The molecule has 0 unspecified atom stereocenters. The molecule has 1 saturated heterocycles. The van der Waals surface area contributed by atoms with Gasteiger partial charge in [-0.25, -0.2) is 9.97 Å². The minimum atomic E-state index is 0.591. The van der Waals surface area contributed by atoms with Crippen molar-refractivity contribution in [1.29, 1.82) is 0 Å². The van der Waals surface area contributed by atoms with Gasteiger partial charge in [-0.1, -0.05) is 0 Å². The summed E-state index contributed by atoms with van der Waals surface area (Å²) in [5.74, 6) is 1.48. The number of hydrogen-bond donors (Lipinski definition) is 1. The summed E-state index contributed by atoms with van der Waals surface area (Å²) < 4.78 is 0. The van der Waals surface area contributed by atoms with Gasteiger partial charge in [0.2, 0.25) is 0 Å². The molecule has 0 bridgehead atoms. The highest BCUT2D eigenvalue weighted by Gasteiger charge is 2.23. The van der Waals surface area contributed by atoms with Crippen molar-refractivity contribution in [2.24, 2.45) is 0 Å². The van der Waals surface area contributed by atoms with Gasteiger partial charge in [0.1, 0.15) is 10.7 Å². The molecule has 3 nitrogen and oxygen atoms in total. The summed E-state index contributed by atoms with van der Waals surface area (Å²) in [6, 6.07) is 2.13. The van der Waals surface area contributed by atoms with E-state index in [2.05, 4.69) is 26.7 Å². The second kappa shape index (κ2) is 3.00. The molecule has 1 fully saturated rings. The van der Waals surface area contributed by atoms with Gasteiger partial charge in [-0.15, -0.1) is 11.3 Å². The van der Waals surface area contributed by atoms with E-state index in [1.807, 2.05) is 6.92 Å². The van der Waals surface area contributed by atoms with Crippen LogP contribution < -0.4 is 5.32 Å². The zero-order valence-corrected chi connectivity index (χ0v) is 8.77. The van der Waals surface area contributed by atoms with E-state index in [1.54, 1.807) is 11.3 Å². The fraction of sp³-hybridized carbons (Fsp3) is 0.400. The summed E-state index contributed by atoms with van der Waals surface area (Å²) in [6.07, 6.45) is 0. The fourth-order valence-corrected chi connectivity index (χ4v) is 2.60. The first-order valence-electron chi connectivity index (χ1n) is 4.77. The lowest BCUT2D eigenvalue weighted by molar-refractivity contribution is 0.441. The lowest BCUT2D eigenvalue weighted by Gasteiger charge is -2.27. The van der Waals surface area contributed by atoms with Crippen LogP contribution in [-0.2, 0) is 0 Å². The van der Waals surface area contributed by atoms with E-state index in [1.165, 1.54) is 11.1 Å². The molecule has 2 aromatic heterocycles. The Morgan fingerprint density at radius 3 is 3.00 bits per heavy atom. The van der Waals surface area contributed by atoms with E-state index < -0.39 is 0 Å². The van der Waals surface area contributed by atoms with Crippen molar-refractivity contribution in [2.75, 3.05) is 13.1 Å². The van der Waals surface area contributed by atoms with Crippen LogP contribution in [0.5, 0.6) is 0 Å². The first kappa shape index (κ1) is 8.32. The van der Waals surface area contributed by atoms with Crippen LogP contribution in [0.3, 0.4) is 0 Å². The van der Waals surface area contributed by atoms with Gasteiger partial charge in [-0.2, -0.15) is 0 Å². The molecule has 0 radical (unpaired) electrons. The van der Waals surface area contributed by atoms with Crippen LogP contribution in [0.2, 0.25) is 0 Å². The molecule has 1 aliphatic heterocycles. The third-order valence-electron chi connectivity index (χ3n) is 2.63. The van der Waals surface area contributed by atoms with E-state index in [0.29, 0.717) is 5.92 Å². The molecule has 4 heteroatoms. The molecule has 1 N–H and O–H groups in total. The van der Waals surface area contributed by atoms with Gasteiger partial charge in [-0.05, 0) is 18.4 Å². The smallest absolute Gasteiger partial charge is 0.127 e. The largest absolute Gasteiger partial charge is 0.315 e. The predicted molar refractivity (Wildman–Crippen MR) is 57.8 cm³/mol. The van der Waals surface area contributed by atoms with Crippen molar-refractivity contribution < 1.29 is 0 Å². The molecule has 0 aromatic carbocycles. The van der Waals surface area contributed by atoms with Crippen LogP contribution in [0.4, 0.5) is 0 Å². The van der Waals surface area contributed by atoms with E-state index >= 15 is 0 Å². The van der Waals surface area contributed by atoms with Gasteiger partial charge in [0.15, 0.2) is 0 Å². The molecular formula is C10H11N3S. The van der Waals surface area contributed by atoms with E-state index in [-0.39, 0.29) is 0 Å². The van der Waals surface area contributed by atoms with Crippen LogP contribution in [0.15, 0.2) is 11.4 Å². The second-order valence-corrected chi connectivity index (χ2v) is 4.55. The normalized spacial score (nSPS) is 17.2. The number of nitrogens with one attached hydrogen (secondary N) is 1. The first-order valence-corrected chi connectivity index (χ1v) is 5.65. The maximum Gasteiger partial charge on any atom is 0.127 e. The summed E-state index contributed by atoms with van der Waals surface area (Å²) in [5.41, 5.74) is 1.23. The van der Waals surface area contributed by atoms with Crippen LogP contribution in [0.25, 0.3) is 10.2 Å². The van der Waals surface area contributed by atoms with Crippen LogP contribution in [0, 0.1) is 6.92 Å². The van der Waals surface area contributed by atoms with E-state index in [0.717, 1.165) is 23.7 Å². The number of aryl methyl sites for hydroxylation is 1. The van der Waals surface area contributed by atoms with Gasteiger partial charge in [0.05, 0.1) is 5.69 Å². The Balaban J connectivity index is 2.23. The minimum absolute atomic E-state index is 0.591. The minimum Gasteiger partial charge on any atom is -0.315 e. The third-order valence-corrected chi connectivity index (χ3v) is 3.44. The summed E-state index contributed by atoms with van der Waals surface area (Å²) in [4.78, 5) is 10.1. The average molecular weight is 205 g/mol. The lowest BCUT2D eigenvalue weighted by atomic mass is 9.97. The van der Waals surface area contributed by atoms with Gasteiger partial charge in [0, 0.05) is 24.4 Å². The molecule has 0 spiro atoms. The van der Waals surface area contributed by atoms with E-state index in [4.69, 9.17) is 0 Å². The van der Waals surface area contributed by atoms with Gasteiger partial charge in [-0.3, -0.25) is 0 Å². The molecule has 14 heavy (non-hydrogen) atoms. The topological polar surface area (TPSA) is 37.8 Å². The molecule has 0 amide bonds. The van der Waals surface area contributed by atoms with Crippen molar-refractivity contribution in [3.05, 3.63) is 23.0 Å². The lowest BCUT2D eigenvalue weighted by Crippen LogP contribution is -2.40. The zero-order valence-electron chi connectivity index (χ0n) is 7.95. The Morgan fingerprint density at radius 1 is 1.43 bits per heavy atom. The summed E-state index contributed by atoms with van der Waals surface area (Å²) in [6.45, 7) is 4.08. The highest BCUT2D eigenvalue weighted by Crippen LogP contribution is 2.28. The molecule has 2 aromatic rings. The molecule has 3 rings (SSSR count). The monoisotopic (exact) mass is 205 g/mol. The van der Waals surface area contributed by atoms with Gasteiger partial charge >= 0.3 is 0 Å². The molecule has 1 aliphatic rings. The maximum absolute atomic E-state index is 4.55. The number of aromatic nitrogens is 2. The SMILES string of the molecule is Cc1nc(C2CNC2)c2ccsc2n1. The van der Waals surface area contributed by atoms with Crippen molar-refractivity contribution in [3.8, 4) is 0 Å². The number of rotatable bonds is 1. The summed E-state index contributed by atoms with van der Waals surface area (Å²) in [7, 11) is 0. The number of nitrogens with zero attached hydrogens (tertiary/aromatic N) is 2. The van der Waals surface area contributed by atoms with Crippen molar-refractivity contribution in [3.63, 3.8) is 0 Å². The van der Waals surface area contributed by atoms with E-state index in [9.17, 15) is 0 Å². The molecule has 3 heterocycles. The number of thiophene rings is 1. The Labute approximate surface area is 86.2 Å². The van der Waals surface area contributed by atoms with Crippen molar-refractivity contribution in [2.45, 2.75) is 12.8 Å². The van der Waals surface area contributed by atoms with Crippen LogP contribution >= 0.6 is 11.3 Å². The quantitative estimate of drug-likeness (QED) is 0.769.